The first kappa shape index (κ1) is 23.1. The predicted molar refractivity (Wildman–Crippen MR) is 154 cm³/mol. The van der Waals surface area contributed by atoms with E-state index in [1.165, 1.54) is 27.8 Å². The highest BCUT2D eigenvalue weighted by Crippen LogP contribution is 2.48. The summed E-state index contributed by atoms with van der Waals surface area (Å²) >= 11 is 0. The minimum atomic E-state index is -0.0180. The second kappa shape index (κ2) is 9.30. The van der Waals surface area contributed by atoms with E-state index < -0.39 is 0 Å². The van der Waals surface area contributed by atoms with E-state index in [1.54, 1.807) is 0 Å². The lowest BCUT2D eigenvalue weighted by atomic mass is 9.79. The molecule has 0 amide bonds. The summed E-state index contributed by atoms with van der Waals surface area (Å²) in [4.78, 5) is 0. The molecule has 0 unspecified atom stereocenters. The highest BCUT2D eigenvalue weighted by molar-refractivity contribution is 5.96. The minimum absolute atomic E-state index is 0.0180. The largest absolute Gasteiger partial charge is 0.455 e. The molecular weight excluding hydrogens is 448 g/mol. The minimum Gasteiger partial charge on any atom is -0.455 e. The molecule has 0 N–H and O–H groups in total. The van der Waals surface area contributed by atoms with E-state index in [4.69, 9.17) is 4.42 Å². The van der Waals surface area contributed by atoms with Gasteiger partial charge in [0.05, 0.1) is 0 Å². The van der Waals surface area contributed by atoms with Crippen LogP contribution in [0.25, 0.3) is 51.0 Å². The van der Waals surface area contributed by atoms with Gasteiger partial charge < -0.3 is 4.42 Å². The Balaban J connectivity index is 1.73. The van der Waals surface area contributed by atoms with Crippen molar-refractivity contribution in [2.45, 2.75) is 39.0 Å². The van der Waals surface area contributed by atoms with Crippen LogP contribution in [0.5, 0.6) is 0 Å². The monoisotopic (exact) mass is 478 g/mol. The molecule has 1 heteroatoms. The van der Waals surface area contributed by atoms with Gasteiger partial charge in [0, 0.05) is 33.4 Å². The van der Waals surface area contributed by atoms with E-state index in [2.05, 4.69) is 118 Å². The summed E-state index contributed by atoms with van der Waals surface area (Å²) in [5.74, 6) is 1.90. The fourth-order valence-corrected chi connectivity index (χ4v) is 5.23. The lowest BCUT2D eigenvalue weighted by Gasteiger charge is -2.24. The predicted octanol–water partition coefficient (Wildman–Crippen LogP) is 9.80. The van der Waals surface area contributed by atoms with Crippen molar-refractivity contribution in [3.63, 3.8) is 0 Å². The molecule has 0 bridgehead atoms. The van der Waals surface area contributed by atoms with Gasteiger partial charge in [-0.15, -0.1) is 0 Å². The van der Waals surface area contributed by atoms with Gasteiger partial charge in [-0.3, -0.25) is 0 Å². The smallest absolute Gasteiger partial charge is 0.142 e. The third-order valence-electron chi connectivity index (χ3n) is 7.19. The first-order valence-electron chi connectivity index (χ1n) is 13.0. The maximum Gasteiger partial charge on any atom is 0.142 e. The maximum absolute atomic E-state index is 6.91. The van der Waals surface area contributed by atoms with Gasteiger partial charge >= 0.3 is 0 Å². The number of furan rings is 1. The van der Waals surface area contributed by atoms with Crippen LogP contribution in [0.3, 0.4) is 0 Å². The molecule has 0 saturated heterocycles. The molecular formula is C36H30O. The summed E-state index contributed by atoms with van der Waals surface area (Å²) in [5, 5.41) is 0. The van der Waals surface area contributed by atoms with Crippen LogP contribution in [0.15, 0.2) is 101 Å². The summed E-state index contributed by atoms with van der Waals surface area (Å²) in [5.41, 5.74) is 10.5. The Morgan fingerprint density at radius 1 is 0.757 bits per heavy atom. The summed E-state index contributed by atoms with van der Waals surface area (Å²) in [6, 6.07) is 38.5. The fraction of sp³-hybridized carbons (Fsp3) is 0.167. The molecule has 0 radical (unpaired) electrons. The molecule has 37 heavy (non-hydrogen) atoms. The van der Waals surface area contributed by atoms with E-state index in [9.17, 15) is 0 Å². The van der Waals surface area contributed by atoms with Gasteiger partial charge in [-0.25, -0.2) is 0 Å². The molecule has 180 valence electrons. The Labute approximate surface area is 220 Å². The van der Waals surface area contributed by atoms with E-state index in [1.807, 2.05) is 18.2 Å². The van der Waals surface area contributed by atoms with E-state index in [-0.39, 0.29) is 5.41 Å². The Kier molecular flexibility index (Phi) is 5.82. The van der Waals surface area contributed by atoms with Crippen LogP contribution < -0.4 is 0 Å². The molecule has 6 rings (SSSR count). The SMILES string of the molecule is CC(C)(C)c1cc(-c2c#cccc2)c(-c2oc(-c3ccccc3)c3c2CCC=C3)c(-c2ccccc2)c1. The average molecular weight is 479 g/mol. The summed E-state index contributed by atoms with van der Waals surface area (Å²) in [6.07, 6.45) is 6.46. The van der Waals surface area contributed by atoms with Crippen molar-refractivity contribution in [1.29, 1.82) is 0 Å². The molecule has 0 spiro atoms. The highest BCUT2D eigenvalue weighted by Gasteiger charge is 2.28. The quantitative estimate of drug-likeness (QED) is 0.250. The van der Waals surface area contributed by atoms with Crippen molar-refractivity contribution in [3.8, 4) is 44.9 Å². The molecule has 1 nitrogen and oxygen atoms in total. The molecule has 0 aliphatic heterocycles. The summed E-state index contributed by atoms with van der Waals surface area (Å²) in [7, 11) is 0. The zero-order valence-corrected chi connectivity index (χ0v) is 21.6. The van der Waals surface area contributed by atoms with Gasteiger partial charge in [-0.05, 0) is 59.2 Å². The number of benzene rings is 3. The maximum atomic E-state index is 6.91. The Bertz CT molecular complexity index is 1500. The lowest BCUT2D eigenvalue weighted by Crippen LogP contribution is -2.12. The third-order valence-corrected chi connectivity index (χ3v) is 7.19. The van der Waals surface area contributed by atoms with Crippen molar-refractivity contribution in [1.82, 2.24) is 0 Å². The molecule has 0 saturated carbocycles. The van der Waals surface area contributed by atoms with Crippen LogP contribution >= 0.6 is 0 Å². The van der Waals surface area contributed by atoms with E-state index in [0.717, 1.165) is 46.6 Å². The normalized spacial score (nSPS) is 12.7. The van der Waals surface area contributed by atoms with Gasteiger partial charge in [0.15, 0.2) is 0 Å². The van der Waals surface area contributed by atoms with Gasteiger partial charge in [0.2, 0.25) is 0 Å². The molecule has 0 atom stereocenters. The molecule has 0 fully saturated rings. The van der Waals surface area contributed by atoms with Gasteiger partial charge in [-0.1, -0.05) is 112 Å². The summed E-state index contributed by atoms with van der Waals surface area (Å²) in [6.45, 7) is 6.82. The van der Waals surface area contributed by atoms with Crippen LogP contribution in [0.2, 0.25) is 0 Å². The van der Waals surface area contributed by atoms with Crippen LogP contribution in [-0.2, 0) is 11.8 Å². The number of hydrogen-bond donors (Lipinski definition) is 0. The number of fused-ring (bicyclic) bond motifs is 1. The van der Waals surface area contributed by atoms with Crippen LogP contribution in [-0.4, -0.2) is 0 Å². The molecule has 4 aromatic carbocycles. The van der Waals surface area contributed by atoms with Gasteiger partial charge in [0.1, 0.15) is 11.5 Å². The number of allylic oxidation sites excluding steroid dienone is 1. The van der Waals surface area contributed by atoms with E-state index >= 15 is 0 Å². The zero-order chi connectivity index (χ0) is 25.4. The van der Waals surface area contributed by atoms with Crippen LogP contribution in [0, 0.1) is 12.1 Å². The van der Waals surface area contributed by atoms with Crippen molar-refractivity contribution in [3.05, 3.63) is 126 Å². The summed E-state index contributed by atoms with van der Waals surface area (Å²) < 4.78 is 6.91. The molecule has 1 aliphatic carbocycles. The highest BCUT2D eigenvalue weighted by atomic mass is 16.3. The fourth-order valence-electron chi connectivity index (χ4n) is 5.23. The molecule has 1 aliphatic rings. The van der Waals surface area contributed by atoms with Crippen molar-refractivity contribution < 1.29 is 4.42 Å². The van der Waals surface area contributed by atoms with Crippen LogP contribution in [0.4, 0.5) is 0 Å². The number of rotatable bonds is 4. The third kappa shape index (κ3) is 4.30. The van der Waals surface area contributed by atoms with Crippen molar-refractivity contribution in [2.24, 2.45) is 0 Å². The first-order chi connectivity index (χ1) is 18.0. The second-order valence-electron chi connectivity index (χ2n) is 10.7. The first-order valence-corrected chi connectivity index (χ1v) is 13.0. The van der Waals surface area contributed by atoms with Crippen molar-refractivity contribution >= 4 is 6.08 Å². The Morgan fingerprint density at radius 3 is 2.14 bits per heavy atom. The number of hydrogen-bond acceptors (Lipinski definition) is 1. The zero-order valence-electron chi connectivity index (χ0n) is 21.6. The molecule has 1 heterocycles. The van der Waals surface area contributed by atoms with E-state index in [0.29, 0.717) is 0 Å². The molecule has 5 aromatic rings. The van der Waals surface area contributed by atoms with Gasteiger partial charge in [-0.2, -0.15) is 0 Å². The van der Waals surface area contributed by atoms with Crippen LogP contribution in [0.1, 0.15) is 43.9 Å². The van der Waals surface area contributed by atoms with Gasteiger partial charge in [0.25, 0.3) is 0 Å². The Hall–Kier alpha value is -4.28. The molecule has 1 aromatic heterocycles. The second-order valence-corrected chi connectivity index (χ2v) is 10.7. The lowest BCUT2D eigenvalue weighted by molar-refractivity contribution is 0.588. The standard InChI is InChI=1S/C36H30O/c1-36(2,3)28-23-31(25-15-7-4-8-16-25)33(32(24-28)26-17-9-5-10-18-26)35-30-22-14-13-21-29(30)34(37-35)27-19-11-6-12-20-27/h4-9,11-13,15-17,19-21,23-24H,14,22H2,1-3H3. The average Bonchev–Trinajstić information content (AvgIpc) is 3.33. The topological polar surface area (TPSA) is 13.1 Å². The van der Waals surface area contributed by atoms with Crippen molar-refractivity contribution in [2.75, 3.05) is 0 Å². The Morgan fingerprint density at radius 2 is 1.46 bits per heavy atom.